The van der Waals surface area contributed by atoms with Gasteiger partial charge in [0.1, 0.15) is 11.3 Å². The molecule has 1 amide bonds. The third-order valence-corrected chi connectivity index (χ3v) is 6.13. The van der Waals surface area contributed by atoms with Crippen molar-refractivity contribution >= 4 is 39.8 Å². The molecule has 3 N–H and O–H groups in total. The number of ether oxygens (including phenoxy) is 1. The molecule has 198 valence electrons. The molecule has 0 atom stereocenters. The molecule has 0 aliphatic rings. The number of aryl methyl sites for hydroxylation is 1. The molecular formula is C27H32N8O3. The molecule has 11 heteroatoms. The van der Waals surface area contributed by atoms with Crippen LogP contribution in [0.15, 0.2) is 60.3 Å². The number of pyridine rings is 1. The van der Waals surface area contributed by atoms with Gasteiger partial charge in [-0.2, -0.15) is 0 Å². The van der Waals surface area contributed by atoms with Crippen LogP contribution in [0.4, 0.5) is 23.0 Å². The standard InChI is InChI=1S/C27H32N8O3/c1-7-24(36)30-20-14-21(23(38-6)15-22(20)34(4)13-12-33(2)3)32-27-29-11-9-19(31-27)18-16-35(5)25-17(18)8-10-28-26(25)37/h7-11,14-16H,1,12-13H2,2-6H3,(H,28,37)(H,30,36)(H,29,31,32). The van der Waals surface area contributed by atoms with Gasteiger partial charge < -0.3 is 34.7 Å². The lowest BCUT2D eigenvalue weighted by Crippen LogP contribution is -2.29. The third kappa shape index (κ3) is 5.52. The van der Waals surface area contributed by atoms with Crippen molar-refractivity contribution in [1.29, 1.82) is 0 Å². The number of nitrogens with zero attached hydrogens (tertiary/aromatic N) is 5. The molecule has 3 heterocycles. The van der Waals surface area contributed by atoms with E-state index >= 15 is 0 Å². The highest BCUT2D eigenvalue weighted by Gasteiger charge is 2.17. The van der Waals surface area contributed by atoms with Crippen molar-refractivity contribution in [2.24, 2.45) is 7.05 Å². The number of rotatable bonds is 10. The Morgan fingerprint density at radius 3 is 2.71 bits per heavy atom. The highest BCUT2D eigenvalue weighted by atomic mass is 16.5. The van der Waals surface area contributed by atoms with Gasteiger partial charge >= 0.3 is 0 Å². The number of aromatic nitrogens is 4. The smallest absolute Gasteiger partial charge is 0.272 e. The average Bonchev–Trinajstić information content (AvgIpc) is 3.25. The lowest BCUT2D eigenvalue weighted by Gasteiger charge is -2.26. The minimum absolute atomic E-state index is 0.168. The number of fused-ring (bicyclic) bond motifs is 1. The van der Waals surface area contributed by atoms with Crippen molar-refractivity contribution < 1.29 is 9.53 Å². The molecule has 0 aliphatic heterocycles. The Hall–Kier alpha value is -4.64. The molecule has 0 unspecified atom stereocenters. The fourth-order valence-corrected chi connectivity index (χ4v) is 4.16. The first-order chi connectivity index (χ1) is 18.2. The molecule has 1 aromatic carbocycles. The van der Waals surface area contributed by atoms with Gasteiger partial charge in [0.15, 0.2) is 0 Å². The minimum Gasteiger partial charge on any atom is -0.494 e. The number of H-pyrrole nitrogens is 1. The molecule has 0 radical (unpaired) electrons. The van der Waals surface area contributed by atoms with Crippen molar-refractivity contribution in [3.05, 3.63) is 65.9 Å². The SMILES string of the molecule is C=CC(=O)Nc1cc(Nc2nccc(-c3cn(C)c4c(=O)[nH]ccc34)n2)c(OC)cc1N(C)CCN(C)C. The van der Waals surface area contributed by atoms with E-state index in [1.54, 1.807) is 36.2 Å². The van der Waals surface area contributed by atoms with E-state index in [9.17, 15) is 9.59 Å². The summed E-state index contributed by atoms with van der Waals surface area (Å²) in [4.78, 5) is 40.5. The Bertz CT molecular complexity index is 1540. The van der Waals surface area contributed by atoms with Crippen LogP contribution in [0, 0.1) is 0 Å². The number of anilines is 4. The summed E-state index contributed by atoms with van der Waals surface area (Å²) in [5, 5.41) is 6.90. The van der Waals surface area contributed by atoms with Gasteiger partial charge in [-0.3, -0.25) is 9.59 Å². The minimum atomic E-state index is -0.326. The number of nitrogens with one attached hydrogen (secondary N) is 3. The molecule has 0 aliphatic carbocycles. The number of methoxy groups -OCH3 is 1. The largest absolute Gasteiger partial charge is 0.494 e. The second-order valence-electron chi connectivity index (χ2n) is 9.10. The van der Waals surface area contributed by atoms with Crippen LogP contribution < -0.4 is 25.8 Å². The maximum Gasteiger partial charge on any atom is 0.272 e. The summed E-state index contributed by atoms with van der Waals surface area (Å²) in [7, 11) is 9.37. The first kappa shape index (κ1) is 26.4. The lowest BCUT2D eigenvalue weighted by molar-refractivity contribution is -0.111. The molecule has 38 heavy (non-hydrogen) atoms. The third-order valence-electron chi connectivity index (χ3n) is 6.13. The van der Waals surface area contributed by atoms with E-state index in [1.165, 1.54) is 6.08 Å². The summed E-state index contributed by atoms with van der Waals surface area (Å²) in [5.41, 5.74) is 3.81. The second-order valence-corrected chi connectivity index (χ2v) is 9.10. The Balaban J connectivity index is 1.72. The summed E-state index contributed by atoms with van der Waals surface area (Å²) in [6.45, 7) is 5.13. The Morgan fingerprint density at radius 1 is 1.21 bits per heavy atom. The Labute approximate surface area is 220 Å². The highest BCUT2D eigenvalue weighted by molar-refractivity contribution is 6.02. The molecule has 0 spiro atoms. The van der Waals surface area contributed by atoms with E-state index in [0.29, 0.717) is 34.3 Å². The number of benzene rings is 1. The molecule has 0 bridgehead atoms. The van der Waals surface area contributed by atoms with Crippen molar-refractivity contribution in [2.45, 2.75) is 0 Å². The van der Waals surface area contributed by atoms with Crippen LogP contribution in [-0.4, -0.2) is 71.7 Å². The van der Waals surface area contributed by atoms with E-state index < -0.39 is 0 Å². The monoisotopic (exact) mass is 516 g/mol. The fourth-order valence-electron chi connectivity index (χ4n) is 4.16. The normalized spacial score (nSPS) is 11.0. The van der Waals surface area contributed by atoms with E-state index in [2.05, 4.69) is 32.1 Å². The molecule has 0 fully saturated rings. The van der Waals surface area contributed by atoms with Crippen molar-refractivity contribution in [2.75, 3.05) is 56.9 Å². The Morgan fingerprint density at radius 2 is 2.00 bits per heavy atom. The molecule has 0 saturated heterocycles. The van der Waals surface area contributed by atoms with Gasteiger partial charge in [0.05, 0.1) is 29.9 Å². The molecule has 0 saturated carbocycles. The summed E-state index contributed by atoms with van der Waals surface area (Å²) in [5.74, 6) is 0.559. The zero-order chi connectivity index (χ0) is 27.4. The number of amides is 1. The second kappa shape index (κ2) is 11.2. The van der Waals surface area contributed by atoms with Gasteiger partial charge in [-0.05, 0) is 38.4 Å². The fraction of sp³-hybridized carbons (Fsp3) is 0.259. The van der Waals surface area contributed by atoms with Crippen molar-refractivity contribution in [1.82, 2.24) is 24.4 Å². The van der Waals surface area contributed by atoms with Crippen LogP contribution in [-0.2, 0) is 11.8 Å². The average molecular weight is 517 g/mol. The van der Waals surface area contributed by atoms with Gasteiger partial charge in [0, 0.05) is 62.8 Å². The molecule has 4 rings (SSSR count). The van der Waals surface area contributed by atoms with Gasteiger partial charge in [-0.25, -0.2) is 9.97 Å². The number of hydrogen-bond donors (Lipinski definition) is 3. The first-order valence-electron chi connectivity index (χ1n) is 12.0. The number of likely N-dealkylation sites (N-methyl/N-ethyl adjacent to an activating group) is 2. The molecule has 4 aromatic rings. The highest BCUT2D eigenvalue weighted by Crippen LogP contribution is 2.38. The summed E-state index contributed by atoms with van der Waals surface area (Å²) >= 11 is 0. The molecular weight excluding hydrogens is 484 g/mol. The number of carbonyl (C=O) groups excluding carboxylic acids is 1. The maximum atomic E-state index is 12.3. The molecule has 3 aromatic heterocycles. The topological polar surface area (TPSA) is 120 Å². The van der Waals surface area contributed by atoms with Crippen LogP contribution >= 0.6 is 0 Å². The molecule has 11 nitrogen and oxygen atoms in total. The summed E-state index contributed by atoms with van der Waals surface area (Å²) < 4.78 is 7.46. The quantitative estimate of drug-likeness (QED) is 0.275. The van der Waals surface area contributed by atoms with Gasteiger partial charge in [-0.1, -0.05) is 6.58 Å². The number of hydrogen-bond acceptors (Lipinski definition) is 8. The summed E-state index contributed by atoms with van der Waals surface area (Å²) in [6, 6.07) is 7.29. The van der Waals surface area contributed by atoms with Crippen LogP contribution in [0.2, 0.25) is 0 Å². The van der Waals surface area contributed by atoms with Gasteiger partial charge in [-0.15, -0.1) is 0 Å². The van der Waals surface area contributed by atoms with E-state index in [4.69, 9.17) is 9.72 Å². The van der Waals surface area contributed by atoms with E-state index in [-0.39, 0.29) is 11.5 Å². The summed E-state index contributed by atoms with van der Waals surface area (Å²) in [6.07, 6.45) is 6.36. The lowest BCUT2D eigenvalue weighted by atomic mass is 10.1. The number of aromatic amines is 1. The number of carbonyl (C=O) groups is 1. The van der Waals surface area contributed by atoms with Crippen LogP contribution in [0.1, 0.15) is 0 Å². The van der Waals surface area contributed by atoms with Crippen LogP contribution in [0.25, 0.3) is 22.2 Å². The van der Waals surface area contributed by atoms with E-state index in [1.807, 2.05) is 51.4 Å². The van der Waals surface area contributed by atoms with Crippen LogP contribution in [0.5, 0.6) is 5.75 Å². The first-order valence-corrected chi connectivity index (χ1v) is 12.0. The predicted molar refractivity (Wildman–Crippen MR) is 151 cm³/mol. The van der Waals surface area contributed by atoms with E-state index in [0.717, 1.165) is 29.7 Å². The van der Waals surface area contributed by atoms with Gasteiger partial charge in [0.25, 0.3) is 5.56 Å². The zero-order valence-corrected chi connectivity index (χ0v) is 22.2. The maximum absolute atomic E-state index is 12.3. The zero-order valence-electron chi connectivity index (χ0n) is 22.2. The van der Waals surface area contributed by atoms with Crippen molar-refractivity contribution in [3.63, 3.8) is 0 Å². The van der Waals surface area contributed by atoms with Crippen LogP contribution in [0.3, 0.4) is 0 Å². The van der Waals surface area contributed by atoms with Crippen molar-refractivity contribution in [3.8, 4) is 17.0 Å². The predicted octanol–water partition coefficient (Wildman–Crippen LogP) is 3.20. The Kier molecular flexibility index (Phi) is 7.77. The van der Waals surface area contributed by atoms with Gasteiger partial charge in [0.2, 0.25) is 11.9 Å².